The molecule has 1 saturated heterocycles. The van der Waals surface area contributed by atoms with Gasteiger partial charge in [0.1, 0.15) is 23.1 Å². The normalized spacial score (nSPS) is 17.2. The van der Waals surface area contributed by atoms with Gasteiger partial charge in [0.2, 0.25) is 0 Å². The molecule has 6 nitrogen and oxygen atoms in total. The summed E-state index contributed by atoms with van der Waals surface area (Å²) >= 11 is 0. The topological polar surface area (TPSA) is 76.1 Å². The molecule has 180 valence electrons. The minimum absolute atomic E-state index is 0.0848. The minimum Gasteiger partial charge on any atom is -0.507 e. The van der Waals surface area contributed by atoms with Crippen LogP contribution in [0.4, 0.5) is 10.1 Å². The predicted octanol–water partition coefficient (Wildman–Crippen LogP) is 5.59. The molecule has 0 aliphatic carbocycles. The van der Waals surface area contributed by atoms with Gasteiger partial charge in [-0.05, 0) is 65.6 Å². The second-order valence-corrected chi connectivity index (χ2v) is 8.54. The number of hydrogen-bond acceptors (Lipinski definition) is 5. The van der Waals surface area contributed by atoms with Gasteiger partial charge in [0, 0.05) is 11.3 Å². The molecule has 1 N–H and O–H groups in total. The first-order valence-electron chi connectivity index (χ1n) is 11.2. The van der Waals surface area contributed by atoms with E-state index in [9.17, 15) is 19.1 Å². The van der Waals surface area contributed by atoms with Crippen molar-refractivity contribution in [2.45, 2.75) is 25.8 Å². The highest BCUT2D eigenvalue weighted by Crippen LogP contribution is 2.43. The fourth-order valence-electron chi connectivity index (χ4n) is 4.34. The quantitative estimate of drug-likeness (QED) is 0.286. The van der Waals surface area contributed by atoms with E-state index in [0.717, 1.165) is 5.56 Å². The van der Waals surface area contributed by atoms with Crippen LogP contribution in [-0.4, -0.2) is 31.0 Å². The van der Waals surface area contributed by atoms with Crippen molar-refractivity contribution in [2.75, 3.05) is 19.1 Å². The SMILES string of the molecule is COc1cccc(C2/C(=C(/O)c3ccc(OC)c(C(C)C)c3)C(=O)C(=O)N2c2cccc(F)c2)c1. The Bertz CT molecular complexity index is 1330. The number of halogens is 1. The molecule has 0 saturated carbocycles. The second kappa shape index (κ2) is 9.62. The Kier molecular flexibility index (Phi) is 6.60. The summed E-state index contributed by atoms with van der Waals surface area (Å²) in [6.07, 6.45) is 0. The van der Waals surface area contributed by atoms with Crippen molar-refractivity contribution in [1.29, 1.82) is 0 Å². The predicted molar refractivity (Wildman–Crippen MR) is 131 cm³/mol. The third-order valence-electron chi connectivity index (χ3n) is 6.07. The molecule has 1 amide bonds. The number of aliphatic hydroxyl groups is 1. The number of carbonyl (C=O) groups is 2. The van der Waals surface area contributed by atoms with Crippen LogP contribution in [0.25, 0.3) is 5.76 Å². The minimum atomic E-state index is -0.989. The maximum absolute atomic E-state index is 14.1. The number of amides is 1. The highest BCUT2D eigenvalue weighted by Gasteiger charge is 2.47. The van der Waals surface area contributed by atoms with Crippen LogP contribution in [0.1, 0.15) is 42.5 Å². The number of carbonyl (C=O) groups excluding carboxylic acids is 2. The standard InChI is InChI=1S/C28H26FNO5/c1-16(2)22-14-18(11-12-23(22)35-4)26(31)24-25(17-7-5-10-21(13-17)34-3)30(28(33)27(24)32)20-9-6-8-19(29)15-20/h5-16,25,31H,1-4H3/b26-24-. The molecule has 1 heterocycles. The molecule has 1 aliphatic rings. The average molecular weight is 476 g/mol. The number of anilines is 1. The molecular weight excluding hydrogens is 449 g/mol. The van der Waals surface area contributed by atoms with Gasteiger partial charge in [-0.2, -0.15) is 0 Å². The highest BCUT2D eigenvalue weighted by molar-refractivity contribution is 6.51. The van der Waals surface area contributed by atoms with E-state index in [1.807, 2.05) is 13.8 Å². The van der Waals surface area contributed by atoms with Crippen LogP contribution < -0.4 is 14.4 Å². The summed E-state index contributed by atoms with van der Waals surface area (Å²) in [5.74, 6) is -1.34. The number of methoxy groups -OCH3 is 2. The van der Waals surface area contributed by atoms with E-state index in [1.165, 1.54) is 30.2 Å². The molecule has 1 unspecified atom stereocenters. The van der Waals surface area contributed by atoms with Crippen molar-refractivity contribution >= 4 is 23.1 Å². The fraction of sp³-hybridized carbons (Fsp3) is 0.214. The molecule has 1 aliphatic heterocycles. The van der Waals surface area contributed by atoms with Crippen LogP contribution in [0.3, 0.4) is 0 Å². The van der Waals surface area contributed by atoms with Gasteiger partial charge in [-0.3, -0.25) is 14.5 Å². The summed E-state index contributed by atoms with van der Waals surface area (Å²) in [5, 5.41) is 11.4. The summed E-state index contributed by atoms with van der Waals surface area (Å²) in [5.41, 5.74) is 1.87. The summed E-state index contributed by atoms with van der Waals surface area (Å²) in [6.45, 7) is 3.97. The molecule has 0 bridgehead atoms. The van der Waals surface area contributed by atoms with Crippen molar-refractivity contribution in [3.63, 3.8) is 0 Å². The van der Waals surface area contributed by atoms with E-state index in [4.69, 9.17) is 9.47 Å². The smallest absolute Gasteiger partial charge is 0.300 e. The highest BCUT2D eigenvalue weighted by atomic mass is 19.1. The van der Waals surface area contributed by atoms with Gasteiger partial charge in [0.15, 0.2) is 0 Å². The van der Waals surface area contributed by atoms with E-state index < -0.39 is 23.5 Å². The fourth-order valence-corrected chi connectivity index (χ4v) is 4.34. The van der Waals surface area contributed by atoms with Gasteiger partial charge >= 0.3 is 0 Å². The van der Waals surface area contributed by atoms with E-state index in [-0.39, 0.29) is 22.9 Å². The molecule has 0 aromatic heterocycles. The van der Waals surface area contributed by atoms with Crippen LogP contribution in [0.15, 0.2) is 72.3 Å². The first-order chi connectivity index (χ1) is 16.8. The van der Waals surface area contributed by atoms with Crippen molar-refractivity contribution in [2.24, 2.45) is 0 Å². The molecule has 1 fully saturated rings. The zero-order valence-electron chi connectivity index (χ0n) is 19.9. The summed E-state index contributed by atoms with van der Waals surface area (Å²) in [6, 6.07) is 16.4. The molecule has 7 heteroatoms. The van der Waals surface area contributed by atoms with Crippen LogP contribution in [-0.2, 0) is 9.59 Å². The number of hydrogen-bond donors (Lipinski definition) is 1. The van der Waals surface area contributed by atoms with Gasteiger partial charge < -0.3 is 14.6 Å². The molecule has 0 radical (unpaired) electrons. The monoisotopic (exact) mass is 475 g/mol. The van der Waals surface area contributed by atoms with Gasteiger partial charge in [-0.1, -0.05) is 32.0 Å². The lowest BCUT2D eigenvalue weighted by Crippen LogP contribution is -2.29. The summed E-state index contributed by atoms with van der Waals surface area (Å²) in [4.78, 5) is 27.8. The maximum atomic E-state index is 14.1. The number of aliphatic hydroxyl groups excluding tert-OH is 1. The van der Waals surface area contributed by atoms with Gasteiger partial charge in [-0.15, -0.1) is 0 Å². The lowest BCUT2D eigenvalue weighted by atomic mass is 9.93. The number of Topliss-reactive ketones (excluding diaryl/α,β-unsaturated/α-hetero) is 1. The second-order valence-electron chi connectivity index (χ2n) is 8.54. The van der Waals surface area contributed by atoms with E-state index >= 15 is 0 Å². The van der Waals surface area contributed by atoms with Gasteiger partial charge in [0.25, 0.3) is 11.7 Å². The molecular formula is C28H26FNO5. The Hall–Kier alpha value is -4.13. The van der Waals surface area contributed by atoms with Crippen molar-refractivity contribution in [1.82, 2.24) is 0 Å². The van der Waals surface area contributed by atoms with E-state index in [2.05, 4.69) is 0 Å². The Morgan fingerprint density at radius 3 is 2.37 bits per heavy atom. The van der Waals surface area contributed by atoms with Crippen molar-refractivity contribution < 1.29 is 28.6 Å². The van der Waals surface area contributed by atoms with Crippen LogP contribution in [0, 0.1) is 5.82 Å². The lowest BCUT2D eigenvalue weighted by molar-refractivity contribution is -0.132. The van der Waals surface area contributed by atoms with Gasteiger partial charge in [-0.25, -0.2) is 4.39 Å². The largest absolute Gasteiger partial charge is 0.507 e. The maximum Gasteiger partial charge on any atom is 0.300 e. The Morgan fingerprint density at radius 1 is 0.971 bits per heavy atom. The molecule has 3 aromatic carbocycles. The molecule has 0 spiro atoms. The van der Waals surface area contributed by atoms with Crippen LogP contribution in [0.5, 0.6) is 11.5 Å². The lowest BCUT2D eigenvalue weighted by Gasteiger charge is -2.26. The summed E-state index contributed by atoms with van der Waals surface area (Å²) < 4.78 is 24.9. The third kappa shape index (κ3) is 4.37. The first kappa shape index (κ1) is 24.0. The number of nitrogens with zero attached hydrogens (tertiary/aromatic N) is 1. The van der Waals surface area contributed by atoms with Crippen molar-refractivity contribution in [3.8, 4) is 11.5 Å². The number of benzene rings is 3. The molecule has 4 rings (SSSR count). The van der Waals surface area contributed by atoms with Crippen LogP contribution >= 0.6 is 0 Å². The zero-order chi connectivity index (χ0) is 25.3. The Balaban J connectivity index is 1.96. The average Bonchev–Trinajstić information content (AvgIpc) is 3.13. The molecule has 35 heavy (non-hydrogen) atoms. The van der Waals surface area contributed by atoms with E-state index in [0.29, 0.717) is 22.6 Å². The summed E-state index contributed by atoms with van der Waals surface area (Å²) in [7, 11) is 3.07. The first-order valence-corrected chi connectivity index (χ1v) is 11.2. The number of rotatable bonds is 6. The van der Waals surface area contributed by atoms with Crippen LogP contribution in [0.2, 0.25) is 0 Å². The Morgan fingerprint density at radius 2 is 1.71 bits per heavy atom. The molecule has 3 aromatic rings. The molecule has 1 atom stereocenters. The number of ketones is 1. The Labute approximate surface area is 203 Å². The third-order valence-corrected chi connectivity index (χ3v) is 6.07. The van der Waals surface area contributed by atoms with Gasteiger partial charge in [0.05, 0.1) is 25.8 Å². The van der Waals surface area contributed by atoms with E-state index in [1.54, 1.807) is 55.6 Å². The van der Waals surface area contributed by atoms with Crippen molar-refractivity contribution in [3.05, 3.63) is 94.8 Å². The zero-order valence-corrected chi connectivity index (χ0v) is 19.9. The number of ether oxygens (including phenoxy) is 2.